The normalized spacial score (nSPS) is 11.5. The Morgan fingerprint density at radius 1 is 1.29 bits per heavy atom. The van der Waals surface area contributed by atoms with Gasteiger partial charge in [-0.1, -0.05) is 17.7 Å². The molecule has 0 fully saturated rings. The summed E-state index contributed by atoms with van der Waals surface area (Å²) >= 11 is 0. The Kier molecular flexibility index (Phi) is 4.02. The number of halogens is 3. The second-order valence-electron chi connectivity index (χ2n) is 4.76. The van der Waals surface area contributed by atoms with Gasteiger partial charge in [-0.05, 0) is 31.5 Å². The lowest BCUT2D eigenvalue weighted by molar-refractivity contribution is -0.141. The summed E-state index contributed by atoms with van der Waals surface area (Å²) in [4.78, 5) is 11.8. The van der Waals surface area contributed by atoms with Crippen molar-refractivity contribution in [1.82, 2.24) is 9.78 Å². The zero-order chi connectivity index (χ0) is 15.6. The summed E-state index contributed by atoms with van der Waals surface area (Å²) in [6.07, 6.45) is -3.38. The molecule has 4 nitrogen and oxygen atoms in total. The third kappa shape index (κ3) is 3.84. The van der Waals surface area contributed by atoms with E-state index < -0.39 is 17.8 Å². The molecule has 0 atom stereocenters. The average Bonchev–Trinajstić information content (AvgIpc) is 2.81. The molecular formula is C14H14F3N3O. The van der Waals surface area contributed by atoms with Gasteiger partial charge in [0.2, 0.25) is 5.91 Å². The molecule has 112 valence electrons. The van der Waals surface area contributed by atoms with E-state index in [9.17, 15) is 18.0 Å². The molecule has 0 saturated carbocycles. The maximum Gasteiger partial charge on any atom is 0.435 e. The molecule has 0 aliphatic heterocycles. The van der Waals surface area contributed by atoms with Crippen LogP contribution in [0.4, 0.5) is 18.9 Å². The van der Waals surface area contributed by atoms with Gasteiger partial charge in [-0.25, -0.2) is 0 Å². The highest BCUT2D eigenvalue weighted by Crippen LogP contribution is 2.27. The first kappa shape index (κ1) is 15.1. The summed E-state index contributed by atoms with van der Waals surface area (Å²) < 4.78 is 38.2. The minimum Gasteiger partial charge on any atom is -0.324 e. The average molecular weight is 297 g/mol. The first-order chi connectivity index (χ1) is 9.75. The summed E-state index contributed by atoms with van der Waals surface area (Å²) in [6.45, 7) is 3.50. The van der Waals surface area contributed by atoms with E-state index in [0.29, 0.717) is 5.69 Å². The van der Waals surface area contributed by atoms with Crippen LogP contribution in [0.5, 0.6) is 0 Å². The SMILES string of the molecule is Cc1ccc(NC(=O)Cn2ccc(C(F)(F)F)n2)c(C)c1. The molecule has 1 N–H and O–H groups in total. The first-order valence-electron chi connectivity index (χ1n) is 6.23. The molecule has 0 aliphatic rings. The maximum absolute atomic E-state index is 12.4. The fraction of sp³-hybridized carbons (Fsp3) is 0.286. The van der Waals surface area contributed by atoms with Crippen LogP contribution in [0, 0.1) is 13.8 Å². The predicted molar refractivity (Wildman–Crippen MR) is 71.8 cm³/mol. The van der Waals surface area contributed by atoms with Gasteiger partial charge in [-0.15, -0.1) is 0 Å². The summed E-state index contributed by atoms with van der Waals surface area (Å²) in [7, 11) is 0. The van der Waals surface area contributed by atoms with Gasteiger partial charge in [-0.2, -0.15) is 18.3 Å². The van der Waals surface area contributed by atoms with Crippen molar-refractivity contribution in [3.63, 3.8) is 0 Å². The van der Waals surface area contributed by atoms with Crippen molar-refractivity contribution in [1.29, 1.82) is 0 Å². The highest BCUT2D eigenvalue weighted by Gasteiger charge is 2.33. The molecule has 0 unspecified atom stereocenters. The van der Waals surface area contributed by atoms with E-state index in [-0.39, 0.29) is 6.54 Å². The molecule has 1 aromatic carbocycles. The molecular weight excluding hydrogens is 283 g/mol. The Bertz CT molecular complexity index is 662. The standard InChI is InChI=1S/C14H14F3N3O/c1-9-3-4-11(10(2)7-9)18-13(21)8-20-6-5-12(19-20)14(15,16)17/h3-7H,8H2,1-2H3,(H,18,21). The lowest BCUT2D eigenvalue weighted by atomic mass is 10.1. The number of hydrogen-bond donors (Lipinski definition) is 1. The smallest absolute Gasteiger partial charge is 0.324 e. The van der Waals surface area contributed by atoms with Crippen LogP contribution in [0.25, 0.3) is 0 Å². The quantitative estimate of drug-likeness (QED) is 0.946. The Balaban J connectivity index is 2.03. The van der Waals surface area contributed by atoms with Crippen LogP contribution in [0.1, 0.15) is 16.8 Å². The number of aryl methyl sites for hydroxylation is 2. The highest BCUT2D eigenvalue weighted by molar-refractivity contribution is 5.91. The third-order valence-corrected chi connectivity index (χ3v) is 2.89. The monoisotopic (exact) mass is 297 g/mol. The minimum absolute atomic E-state index is 0.274. The van der Waals surface area contributed by atoms with E-state index in [1.807, 2.05) is 26.0 Å². The van der Waals surface area contributed by atoms with Crippen molar-refractivity contribution in [3.05, 3.63) is 47.3 Å². The van der Waals surface area contributed by atoms with Crippen molar-refractivity contribution in [2.75, 3.05) is 5.32 Å². The summed E-state index contributed by atoms with van der Waals surface area (Å²) in [5.74, 6) is -0.432. The van der Waals surface area contributed by atoms with Gasteiger partial charge in [0.15, 0.2) is 5.69 Å². The number of amides is 1. The van der Waals surface area contributed by atoms with Crippen LogP contribution in [-0.4, -0.2) is 15.7 Å². The van der Waals surface area contributed by atoms with E-state index in [1.165, 1.54) is 0 Å². The highest BCUT2D eigenvalue weighted by atomic mass is 19.4. The van der Waals surface area contributed by atoms with Gasteiger partial charge in [0.05, 0.1) is 0 Å². The second kappa shape index (κ2) is 5.59. The van der Waals surface area contributed by atoms with Crippen LogP contribution >= 0.6 is 0 Å². The zero-order valence-electron chi connectivity index (χ0n) is 11.5. The lowest BCUT2D eigenvalue weighted by Gasteiger charge is -2.09. The molecule has 1 amide bonds. The summed E-state index contributed by atoms with van der Waals surface area (Å²) in [5.41, 5.74) is 1.57. The van der Waals surface area contributed by atoms with Crippen LogP contribution < -0.4 is 5.32 Å². The fourth-order valence-electron chi connectivity index (χ4n) is 1.89. The molecule has 0 saturated heterocycles. The van der Waals surface area contributed by atoms with Gasteiger partial charge in [-0.3, -0.25) is 9.48 Å². The second-order valence-corrected chi connectivity index (χ2v) is 4.76. The number of aromatic nitrogens is 2. The van der Waals surface area contributed by atoms with Gasteiger partial charge in [0.25, 0.3) is 0 Å². The Morgan fingerprint density at radius 2 is 2.00 bits per heavy atom. The largest absolute Gasteiger partial charge is 0.435 e. The van der Waals surface area contributed by atoms with E-state index in [4.69, 9.17) is 0 Å². The van der Waals surface area contributed by atoms with Gasteiger partial charge >= 0.3 is 6.18 Å². The predicted octanol–water partition coefficient (Wildman–Crippen LogP) is 3.16. The number of carbonyl (C=O) groups excluding carboxylic acids is 1. The Hall–Kier alpha value is -2.31. The number of hydrogen-bond acceptors (Lipinski definition) is 2. The molecule has 2 aromatic rings. The van der Waals surface area contributed by atoms with Gasteiger partial charge in [0.1, 0.15) is 6.54 Å². The molecule has 1 heterocycles. The van der Waals surface area contributed by atoms with Crippen LogP contribution in [0.2, 0.25) is 0 Å². The van der Waals surface area contributed by atoms with Crippen molar-refractivity contribution in [2.45, 2.75) is 26.6 Å². The van der Waals surface area contributed by atoms with Gasteiger partial charge < -0.3 is 5.32 Å². The minimum atomic E-state index is -4.50. The van der Waals surface area contributed by atoms with Crippen molar-refractivity contribution < 1.29 is 18.0 Å². The Labute approximate surface area is 119 Å². The van der Waals surface area contributed by atoms with Crippen LogP contribution in [0.3, 0.4) is 0 Å². The van der Waals surface area contributed by atoms with E-state index >= 15 is 0 Å². The Morgan fingerprint density at radius 3 is 2.57 bits per heavy atom. The molecule has 21 heavy (non-hydrogen) atoms. The van der Waals surface area contributed by atoms with Crippen molar-refractivity contribution >= 4 is 11.6 Å². The summed E-state index contributed by atoms with van der Waals surface area (Å²) in [5, 5.41) is 5.98. The lowest BCUT2D eigenvalue weighted by Crippen LogP contribution is -2.20. The number of anilines is 1. The molecule has 0 radical (unpaired) electrons. The molecule has 1 aromatic heterocycles. The topological polar surface area (TPSA) is 46.9 Å². The van der Waals surface area contributed by atoms with Crippen molar-refractivity contribution in [3.8, 4) is 0 Å². The number of carbonyl (C=O) groups is 1. The maximum atomic E-state index is 12.4. The van der Waals surface area contributed by atoms with Gasteiger partial charge in [0, 0.05) is 11.9 Å². The number of rotatable bonds is 3. The first-order valence-corrected chi connectivity index (χ1v) is 6.23. The number of nitrogens with one attached hydrogen (secondary N) is 1. The van der Waals surface area contributed by atoms with E-state index in [2.05, 4.69) is 10.4 Å². The van der Waals surface area contributed by atoms with E-state index in [0.717, 1.165) is 28.1 Å². The zero-order valence-corrected chi connectivity index (χ0v) is 11.5. The fourth-order valence-corrected chi connectivity index (χ4v) is 1.89. The van der Waals surface area contributed by atoms with Crippen LogP contribution in [-0.2, 0) is 17.5 Å². The molecule has 0 spiro atoms. The molecule has 0 bridgehead atoms. The molecule has 2 rings (SSSR count). The molecule has 0 aliphatic carbocycles. The third-order valence-electron chi connectivity index (χ3n) is 2.89. The number of nitrogens with zero attached hydrogens (tertiary/aromatic N) is 2. The number of benzene rings is 1. The number of alkyl halides is 3. The van der Waals surface area contributed by atoms with Crippen molar-refractivity contribution in [2.24, 2.45) is 0 Å². The van der Waals surface area contributed by atoms with Crippen LogP contribution in [0.15, 0.2) is 30.5 Å². The van der Waals surface area contributed by atoms with E-state index in [1.54, 1.807) is 6.07 Å². The molecule has 7 heteroatoms. The summed E-state index contributed by atoms with van der Waals surface area (Å²) in [6, 6.07) is 6.35.